The third-order valence-corrected chi connectivity index (χ3v) is 6.01. The van der Waals surface area contributed by atoms with Crippen LogP contribution in [0.25, 0.3) is 5.82 Å². The Balaban J connectivity index is 1.31. The first-order valence-electron chi connectivity index (χ1n) is 11.7. The molecule has 12 heteroatoms. The molecular weight excluding hydrogens is 474 g/mol. The van der Waals surface area contributed by atoms with Gasteiger partial charge < -0.3 is 20.7 Å². The molecule has 1 fully saturated rings. The lowest BCUT2D eigenvalue weighted by atomic mass is 10.2. The van der Waals surface area contributed by atoms with Crippen molar-refractivity contribution in [1.29, 1.82) is 0 Å². The summed E-state index contributed by atoms with van der Waals surface area (Å²) in [5.41, 5.74) is 8.13. The van der Waals surface area contributed by atoms with Gasteiger partial charge in [-0.3, -0.25) is 14.4 Å². The second-order valence-corrected chi connectivity index (χ2v) is 8.58. The molecule has 0 saturated carbocycles. The van der Waals surface area contributed by atoms with Crippen molar-refractivity contribution in [1.82, 2.24) is 29.4 Å². The summed E-state index contributed by atoms with van der Waals surface area (Å²) in [4.78, 5) is 34.0. The molecule has 1 saturated heterocycles. The molecule has 5 rings (SSSR count). The largest absolute Gasteiger partial charge is 0.497 e. The van der Waals surface area contributed by atoms with Gasteiger partial charge in [0.25, 0.3) is 5.91 Å². The van der Waals surface area contributed by atoms with E-state index in [1.54, 1.807) is 70.1 Å². The second kappa shape index (κ2) is 10.1. The van der Waals surface area contributed by atoms with Crippen molar-refractivity contribution in [3.05, 3.63) is 77.9 Å². The minimum absolute atomic E-state index is 0.181. The van der Waals surface area contributed by atoms with E-state index in [1.165, 1.54) is 0 Å². The molecule has 37 heavy (non-hydrogen) atoms. The number of methoxy groups -OCH3 is 1. The van der Waals surface area contributed by atoms with Crippen molar-refractivity contribution in [2.75, 3.05) is 30.4 Å². The highest BCUT2D eigenvalue weighted by Gasteiger charge is 2.33. The molecule has 3 amide bonds. The van der Waals surface area contributed by atoms with Crippen LogP contribution in [0.1, 0.15) is 21.6 Å². The summed E-state index contributed by atoms with van der Waals surface area (Å²) in [6.45, 7) is 1.80. The number of amides is 3. The summed E-state index contributed by atoms with van der Waals surface area (Å²) in [5, 5.41) is 11.5. The molecule has 0 bridgehead atoms. The Morgan fingerprint density at radius 3 is 2.65 bits per heavy atom. The van der Waals surface area contributed by atoms with E-state index in [1.807, 2.05) is 24.3 Å². The summed E-state index contributed by atoms with van der Waals surface area (Å²) in [7, 11) is 3.35. The van der Waals surface area contributed by atoms with Crippen LogP contribution in [-0.4, -0.2) is 61.6 Å². The maximum Gasteiger partial charge on any atom is 0.326 e. The molecule has 3 N–H and O–H groups in total. The molecule has 0 radical (unpaired) electrons. The summed E-state index contributed by atoms with van der Waals surface area (Å²) in [5.74, 6) is 1.21. The Bertz CT molecular complexity index is 1430. The number of hydrogen-bond acceptors (Lipinski definition) is 7. The molecule has 12 nitrogen and oxygen atoms in total. The second-order valence-electron chi connectivity index (χ2n) is 8.58. The average Bonchev–Trinajstić information content (AvgIpc) is 3.63. The molecule has 0 atom stereocenters. The molecule has 4 heterocycles. The van der Waals surface area contributed by atoms with Crippen LogP contribution < -0.4 is 20.7 Å². The number of ether oxygens (including phenoxy) is 1. The lowest BCUT2D eigenvalue weighted by molar-refractivity contribution is 0.102. The monoisotopic (exact) mass is 501 g/mol. The summed E-state index contributed by atoms with van der Waals surface area (Å²) in [6.07, 6.45) is 5.08. The van der Waals surface area contributed by atoms with Gasteiger partial charge in [-0.1, -0.05) is 18.2 Å². The van der Waals surface area contributed by atoms with Crippen LogP contribution in [0.5, 0.6) is 5.75 Å². The van der Waals surface area contributed by atoms with Crippen molar-refractivity contribution in [3.8, 4) is 11.6 Å². The van der Waals surface area contributed by atoms with Crippen LogP contribution in [0.2, 0.25) is 0 Å². The van der Waals surface area contributed by atoms with Gasteiger partial charge in [0.1, 0.15) is 17.1 Å². The molecule has 1 aliphatic rings. The summed E-state index contributed by atoms with van der Waals surface area (Å²) >= 11 is 0. The van der Waals surface area contributed by atoms with E-state index in [0.717, 1.165) is 16.9 Å². The zero-order chi connectivity index (χ0) is 25.9. The minimum atomic E-state index is -0.427. The quantitative estimate of drug-likeness (QED) is 0.378. The van der Waals surface area contributed by atoms with Gasteiger partial charge in [-0.05, 0) is 29.8 Å². The lowest BCUT2D eigenvalue weighted by Gasteiger charge is -2.18. The van der Waals surface area contributed by atoms with Gasteiger partial charge in [-0.15, -0.1) is 0 Å². The highest BCUT2D eigenvalue weighted by Crippen LogP contribution is 2.28. The number of benzene rings is 1. The lowest BCUT2D eigenvalue weighted by Crippen LogP contribution is -2.32. The number of rotatable bonds is 8. The zero-order valence-corrected chi connectivity index (χ0v) is 20.5. The number of carbonyl (C=O) groups is 2. The summed E-state index contributed by atoms with van der Waals surface area (Å²) < 4.78 is 8.33. The van der Waals surface area contributed by atoms with Gasteiger partial charge in [-0.2, -0.15) is 10.2 Å². The molecule has 1 aromatic carbocycles. The van der Waals surface area contributed by atoms with Crippen molar-refractivity contribution < 1.29 is 14.3 Å². The molecule has 0 unspecified atom stereocenters. The van der Waals surface area contributed by atoms with Gasteiger partial charge in [0, 0.05) is 45.0 Å². The Morgan fingerprint density at radius 1 is 1.11 bits per heavy atom. The topological polar surface area (TPSA) is 136 Å². The standard InChI is InChI=1S/C25H27N9O3/c1-31-16-21(29-24(35)20-4-3-5-22(28-20)34-15-18(12-26)13-27-34)23(30-31)33-11-10-32(25(33)36)14-17-6-8-19(37-2)9-7-17/h3-9,13,15-16H,10-12,14,26H2,1-2H3,(H,29,35). The number of nitrogens with zero attached hydrogens (tertiary/aromatic N) is 7. The van der Waals surface area contributed by atoms with Gasteiger partial charge >= 0.3 is 6.03 Å². The normalized spacial score (nSPS) is 13.3. The van der Waals surface area contributed by atoms with Gasteiger partial charge in [-0.25, -0.2) is 14.5 Å². The van der Waals surface area contributed by atoms with Gasteiger partial charge in [0.2, 0.25) is 0 Å². The first-order chi connectivity index (χ1) is 17.9. The molecule has 3 aromatic heterocycles. The summed E-state index contributed by atoms with van der Waals surface area (Å²) in [6, 6.07) is 12.5. The fourth-order valence-electron chi connectivity index (χ4n) is 4.10. The molecular formula is C25H27N9O3. The van der Waals surface area contributed by atoms with E-state index >= 15 is 0 Å². The van der Waals surface area contributed by atoms with E-state index < -0.39 is 5.91 Å². The zero-order valence-electron chi connectivity index (χ0n) is 20.5. The van der Waals surface area contributed by atoms with Gasteiger partial charge in [0.05, 0.1) is 19.5 Å². The Hall–Kier alpha value is -4.71. The average molecular weight is 502 g/mol. The number of aryl methyl sites for hydroxylation is 1. The number of nitrogens with one attached hydrogen (secondary N) is 1. The number of carbonyl (C=O) groups excluding carboxylic acids is 2. The Labute approximate surface area is 213 Å². The van der Waals surface area contributed by atoms with Crippen LogP contribution in [0.15, 0.2) is 61.1 Å². The van der Waals surface area contributed by atoms with E-state index in [0.29, 0.717) is 43.5 Å². The van der Waals surface area contributed by atoms with Crippen LogP contribution in [0, 0.1) is 0 Å². The van der Waals surface area contributed by atoms with E-state index in [9.17, 15) is 9.59 Å². The molecule has 1 aliphatic heterocycles. The first kappa shape index (κ1) is 24.0. The number of hydrogen-bond donors (Lipinski definition) is 2. The molecule has 190 valence electrons. The third-order valence-electron chi connectivity index (χ3n) is 6.01. The number of aromatic nitrogens is 5. The Morgan fingerprint density at radius 2 is 1.92 bits per heavy atom. The smallest absolute Gasteiger partial charge is 0.326 e. The van der Waals surface area contributed by atoms with Crippen molar-refractivity contribution in [3.63, 3.8) is 0 Å². The fraction of sp³-hybridized carbons (Fsp3) is 0.240. The maximum absolute atomic E-state index is 13.2. The van der Waals surface area contributed by atoms with Crippen molar-refractivity contribution >= 4 is 23.4 Å². The van der Waals surface area contributed by atoms with E-state index in [4.69, 9.17) is 10.5 Å². The fourth-order valence-corrected chi connectivity index (χ4v) is 4.10. The minimum Gasteiger partial charge on any atom is -0.497 e. The van der Waals surface area contributed by atoms with Crippen molar-refractivity contribution in [2.45, 2.75) is 13.1 Å². The SMILES string of the molecule is COc1ccc(CN2CCN(c3nn(C)cc3NC(=O)c3cccc(-n4cc(CN)cn4)n3)C2=O)cc1. The maximum atomic E-state index is 13.2. The number of nitrogens with two attached hydrogens (primary N) is 1. The number of pyridine rings is 1. The highest BCUT2D eigenvalue weighted by atomic mass is 16.5. The molecule has 0 spiro atoms. The number of anilines is 2. The number of urea groups is 1. The third kappa shape index (κ3) is 5.00. The van der Waals surface area contributed by atoms with Crippen LogP contribution in [-0.2, 0) is 20.1 Å². The van der Waals surface area contributed by atoms with Crippen LogP contribution in [0.4, 0.5) is 16.3 Å². The molecule has 4 aromatic rings. The Kier molecular flexibility index (Phi) is 6.56. The van der Waals surface area contributed by atoms with Crippen molar-refractivity contribution in [2.24, 2.45) is 12.8 Å². The van der Waals surface area contributed by atoms with Crippen LogP contribution >= 0.6 is 0 Å². The highest BCUT2D eigenvalue weighted by molar-refractivity contribution is 6.06. The molecule has 0 aliphatic carbocycles. The van der Waals surface area contributed by atoms with Gasteiger partial charge in [0.15, 0.2) is 11.6 Å². The van der Waals surface area contributed by atoms with E-state index in [2.05, 4.69) is 20.5 Å². The van der Waals surface area contributed by atoms with Crippen LogP contribution in [0.3, 0.4) is 0 Å². The van der Waals surface area contributed by atoms with E-state index in [-0.39, 0.29) is 11.7 Å². The first-order valence-corrected chi connectivity index (χ1v) is 11.7. The predicted molar refractivity (Wildman–Crippen MR) is 137 cm³/mol. The predicted octanol–water partition coefficient (Wildman–Crippen LogP) is 2.16.